The molecule has 0 rings (SSSR count). The van der Waals surface area contributed by atoms with E-state index >= 15 is 0 Å². The molecule has 0 bridgehead atoms. The second kappa shape index (κ2) is 54.9. The lowest BCUT2D eigenvalue weighted by Gasteiger charge is -2.22. The highest BCUT2D eigenvalue weighted by atomic mass is 16.5. The van der Waals surface area contributed by atoms with Crippen molar-refractivity contribution >= 4 is 11.9 Å². The monoisotopic (exact) mass is 916 g/mol. The van der Waals surface area contributed by atoms with E-state index in [2.05, 4.69) is 43.5 Å². The van der Waals surface area contributed by atoms with Gasteiger partial charge >= 0.3 is 5.97 Å². The first kappa shape index (κ1) is 63.3. The quantitative estimate of drug-likeness (QED) is 0.0321. The molecule has 0 saturated heterocycles. The summed E-state index contributed by atoms with van der Waals surface area (Å²) in [5.74, 6) is -0.0555. The smallest absolute Gasteiger partial charge is 0.305 e. The molecule has 2 unspecified atom stereocenters. The number of unbranched alkanes of at least 4 members (excludes halogenated alkanes) is 39. The number of nitrogens with one attached hydrogen (secondary N) is 1. The first-order valence-electron chi connectivity index (χ1n) is 29.1. The third kappa shape index (κ3) is 51.6. The maximum Gasteiger partial charge on any atom is 0.305 e. The Morgan fingerprint density at radius 1 is 0.431 bits per heavy atom. The second-order valence-electron chi connectivity index (χ2n) is 20.0. The topological polar surface area (TPSA) is 95.9 Å². The molecule has 0 aliphatic rings. The van der Waals surface area contributed by atoms with Gasteiger partial charge in [0.15, 0.2) is 0 Å². The molecule has 65 heavy (non-hydrogen) atoms. The summed E-state index contributed by atoms with van der Waals surface area (Å²) in [5.41, 5.74) is 0. The van der Waals surface area contributed by atoms with E-state index in [0.29, 0.717) is 25.9 Å². The SMILES string of the molecule is CCC/C=C\C/C=C\CCCCCCCC(=O)OCCCCCCCCCCCCCCCCCC(=O)NC(CO)C(O)CCCCCCCCCCCCCCCCCCCCCC. The Morgan fingerprint density at radius 2 is 0.800 bits per heavy atom. The highest BCUT2D eigenvalue weighted by molar-refractivity contribution is 5.76. The van der Waals surface area contributed by atoms with Gasteiger partial charge in [0, 0.05) is 12.8 Å². The van der Waals surface area contributed by atoms with Crippen LogP contribution in [0.25, 0.3) is 0 Å². The maximum absolute atomic E-state index is 12.5. The van der Waals surface area contributed by atoms with E-state index in [1.807, 2.05) is 0 Å². The van der Waals surface area contributed by atoms with Crippen LogP contribution in [0.5, 0.6) is 0 Å². The Balaban J connectivity index is 3.44. The van der Waals surface area contributed by atoms with E-state index in [9.17, 15) is 19.8 Å². The van der Waals surface area contributed by atoms with E-state index in [-0.39, 0.29) is 18.5 Å². The Bertz CT molecular complexity index is 1010. The zero-order valence-electron chi connectivity index (χ0n) is 43.7. The van der Waals surface area contributed by atoms with Gasteiger partial charge in [-0.05, 0) is 51.4 Å². The zero-order valence-corrected chi connectivity index (χ0v) is 43.7. The number of carbonyl (C=O) groups is 2. The van der Waals surface area contributed by atoms with Gasteiger partial charge < -0.3 is 20.3 Å². The predicted molar refractivity (Wildman–Crippen MR) is 283 cm³/mol. The molecule has 0 radical (unpaired) electrons. The summed E-state index contributed by atoms with van der Waals surface area (Å²) in [6.07, 6.45) is 65.9. The lowest BCUT2D eigenvalue weighted by atomic mass is 10.0. The zero-order chi connectivity index (χ0) is 47.2. The Morgan fingerprint density at radius 3 is 1.23 bits per heavy atom. The largest absolute Gasteiger partial charge is 0.466 e. The van der Waals surface area contributed by atoms with Crippen LogP contribution >= 0.6 is 0 Å². The van der Waals surface area contributed by atoms with Crippen LogP contribution in [0, 0.1) is 0 Å². The van der Waals surface area contributed by atoms with Gasteiger partial charge in [-0.15, -0.1) is 0 Å². The number of esters is 1. The Hall–Kier alpha value is -1.66. The summed E-state index contributed by atoms with van der Waals surface area (Å²) in [6, 6.07) is -0.549. The van der Waals surface area contributed by atoms with Gasteiger partial charge in [-0.1, -0.05) is 276 Å². The van der Waals surface area contributed by atoms with Crippen molar-refractivity contribution in [1.82, 2.24) is 5.32 Å². The van der Waals surface area contributed by atoms with Gasteiger partial charge in [-0.3, -0.25) is 9.59 Å². The van der Waals surface area contributed by atoms with Crippen molar-refractivity contribution in [2.75, 3.05) is 13.2 Å². The number of carbonyl (C=O) groups excluding carboxylic acids is 2. The van der Waals surface area contributed by atoms with E-state index in [1.165, 1.54) is 225 Å². The van der Waals surface area contributed by atoms with Gasteiger partial charge in [-0.2, -0.15) is 0 Å². The fourth-order valence-electron chi connectivity index (χ4n) is 9.03. The van der Waals surface area contributed by atoms with E-state index in [0.717, 1.165) is 57.8 Å². The molecule has 0 aromatic carbocycles. The molecule has 2 atom stereocenters. The minimum atomic E-state index is -0.671. The highest BCUT2D eigenvalue weighted by Crippen LogP contribution is 2.18. The first-order chi connectivity index (χ1) is 32.0. The number of hydrogen-bond acceptors (Lipinski definition) is 5. The molecule has 0 aliphatic carbocycles. The molecule has 0 saturated carbocycles. The minimum absolute atomic E-state index is 0.0141. The molecule has 384 valence electrons. The van der Waals surface area contributed by atoms with Crippen LogP contribution in [0.4, 0.5) is 0 Å². The standard InChI is InChI=1S/C59H113NO5/c1-3-5-7-9-11-13-15-17-18-19-20-21-22-24-28-31-35-39-43-47-51-57(62)56(55-61)60-58(63)52-48-44-40-36-32-29-25-23-26-30-34-38-42-46-50-54-65-59(64)53-49-45-41-37-33-27-16-14-12-10-8-6-4-2/h8,10,14,16,56-57,61-62H,3-7,9,11-13,15,17-55H2,1-2H3,(H,60,63)/b10-8-,16-14-. The lowest BCUT2D eigenvalue weighted by Crippen LogP contribution is -2.45. The molecule has 0 aromatic heterocycles. The Kier molecular flexibility index (Phi) is 53.5. The molecule has 3 N–H and O–H groups in total. The van der Waals surface area contributed by atoms with Crippen molar-refractivity contribution in [3.63, 3.8) is 0 Å². The predicted octanol–water partition coefficient (Wildman–Crippen LogP) is 17.9. The van der Waals surface area contributed by atoms with Crippen molar-refractivity contribution in [2.45, 2.75) is 328 Å². The van der Waals surface area contributed by atoms with Crippen molar-refractivity contribution in [3.8, 4) is 0 Å². The van der Waals surface area contributed by atoms with E-state index < -0.39 is 12.1 Å². The number of allylic oxidation sites excluding steroid dienone is 4. The third-order valence-corrected chi connectivity index (χ3v) is 13.5. The summed E-state index contributed by atoms with van der Waals surface area (Å²) in [6.45, 7) is 4.88. The molecule has 6 nitrogen and oxygen atoms in total. The van der Waals surface area contributed by atoms with Crippen LogP contribution in [-0.4, -0.2) is 47.4 Å². The average Bonchev–Trinajstić information content (AvgIpc) is 3.31. The van der Waals surface area contributed by atoms with Crippen LogP contribution < -0.4 is 5.32 Å². The number of hydrogen-bond donors (Lipinski definition) is 3. The highest BCUT2D eigenvalue weighted by Gasteiger charge is 2.20. The summed E-state index contributed by atoms with van der Waals surface area (Å²) in [5, 5.41) is 23.3. The van der Waals surface area contributed by atoms with Crippen molar-refractivity contribution in [1.29, 1.82) is 0 Å². The van der Waals surface area contributed by atoms with Crippen LogP contribution in [-0.2, 0) is 14.3 Å². The number of aliphatic hydroxyl groups is 2. The molecular formula is C59H113NO5. The van der Waals surface area contributed by atoms with Gasteiger partial charge in [-0.25, -0.2) is 0 Å². The number of aliphatic hydroxyl groups excluding tert-OH is 2. The van der Waals surface area contributed by atoms with Crippen LogP contribution in [0.3, 0.4) is 0 Å². The van der Waals surface area contributed by atoms with Crippen LogP contribution in [0.1, 0.15) is 316 Å². The van der Waals surface area contributed by atoms with E-state index in [4.69, 9.17) is 4.74 Å². The van der Waals surface area contributed by atoms with Crippen molar-refractivity contribution in [2.24, 2.45) is 0 Å². The molecule has 0 aromatic rings. The Labute approximate surface area is 405 Å². The average molecular weight is 917 g/mol. The second-order valence-corrected chi connectivity index (χ2v) is 20.0. The van der Waals surface area contributed by atoms with E-state index in [1.54, 1.807) is 0 Å². The maximum atomic E-state index is 12.5. The van der Waals surface area contributed by atoms with Gasteiger partial charge in [0.05, 0.1) is 25.4 Å². The summed E-state index contributed by atoms with van der Waals surface area (Å²) >= 11 is 0. The number of amides is 1. The molecule has 0 fully saturated rings. The molecule has 1 amide bonds. The van der Waals surface area contributed by atoms with Gasteiger partial charge in [0.1, 0.15) is 0 Å². The molecular weight excluding hydrogens is 803 g/mol. The molecule has 0 aliphatic heterocycles. The minimum Gasteiger partial charge on any atom is -0.466 e. The fraction of sp³-hybridized carbons (Fsp3) is 0.898. The fourth-order valence-corrected chi connectivity index (χ4v) is 9.03. The van der Waals surface area contributed by atoms with Crippen LogP contribution in [0.2, 0.25) is 0 Å². The third-order valence-electron chi connectivity index (χ3n) is 13.5. The summed E-state index contributed by atoms with van der Waals surface area (Å²) in [7, 11) is 0. The van der Waals surface area contributed by atoms with Crippen LogP contribution in [0.15, 0.2) is 24.3 Å². The molecule has 6 heteroatoms. The van der Waals surface area contributed by atoms with Crippen molar-refractivity contribution in [3.05, 3.63) is 24.3 Å². The summed E-state index contributed by atoms with van der Waals surface area (Å²) < 4.78 is 5.46. The number of ether oxygens (including phenoxy) is 1. The normalized spacial score (nSPS) is 12.7. The molecule has 0 heterocycles. The summed E-state index contributed by atoms with van der Waals surface area (Å²) in [4.78, 5) is 24.5. The first-order valence-corrected chi connectivity index (χ1v) is 29.1. The van der Waals surface area contributed by atoms with Gasteiger partial charge in [0.2, 0.25) is 5.91 Å². The molecule has 0 spiro atoms. The lowest BCUT2D eigenvalue weighted by molar-refractivity contribution is -0.143. The van der Waals surface area contributed by atoms with Crippen molar-refractivity contribution < 1.29 is 24.5 Å². The van der Waals surface area contributed by atoms with Gasteiger partial charge in [0.25, 0.3) is 0 Å². The number of rotatable bonds is 54.